The summed E-state index contributed by atoms with van der Waals surface area (Å²) in [6, 6.07) is 0. The van der Waals surface area contributed by atoms with Crippen LogP contribution in [0, 0.1) is 6.92 Å². The quantitative estimate of drug-likeness (QED) is 0.820. The van der Waals surface area contributed by atoms with E-state index in [1.165, 1.54) is 17.5 Å². The first-order chi connectivity index (χ1) is 7.84. The summed E-state index contributed by atoms with van der Waals surface area (Å²) < 4.78 is 30.6. The molecule has 0 radical (unpaired) electrons. The van der Waals surface area contributed by atoms with Gasteiger partial charge < -0.3 is 9.72 Å². The molecular formula is C10H19N3O3S. The molecule has 0 aliphatic carbocycles. The third-order valence-electron chi connectivity index (χ3n) is 2.23. The molecule has 0 saturated carbocycles. The summed E-state index contributed by atoms with van der Waals surface area (Å²) in [6.45, 7) is 6.22. The van der Waals surface area contributed by atoms with Crippen molar-refractivity contribution < 1.29 is 13.2 Å². The van der Waals surface area contributed by atoms with E-state index >= 15 is 0 Å². The van der Waals surface area contributed by atoms with E-state index in [4.69, 9.17) is 4.74 Å². The molecule has 0 atom stereocenters. The van der Waals surface area contributed by atoms with Crippen molar-refractivity contribution in [1.29, 1.82) is 0 Å². The fourth-order valence-electron chi connectivity index (χ4n) is 1.23. The Bertz CT molecular complexity index is 453. The van der Waals surface area contributed by atoms with E-state index in [1.54, 1.807) is 6.92 Å². The largest absolute Gasteiger partial charge is 0.377 e. The molecule has 0 spiro atoms. The summed E-state index contributed by atoms with van der Waals surface area (Å²) in [5, 5.41) is 0.113. The highest BCUT2D eigenvalue weighted by atomic mass is 32.2. The van der Waals surface area contributed by atoms with E-state index in [-0.39, 0.29) is 11.1 Å². The molecule has 1 N–H and O–H groups in total. The molecule has 7 heteroatoms. The minimum atomic E-state index is -3.48. The Labute approximate surface area is 102 Å². The zero-order valence-electron chi connectivity index (χ0n) is 10.6. The molecule has 0 aromatic carbocycles. The van der Waals surface area contributed by atoms with E-state index in [2.05, 4.69) is 9.97 Å². The van der Waals surface area contributed by atoms with Crippen molar-refractivity contribution in [3.8, 4) is 0 Å². The van der Waals surface area contributed by atoms with Crippen molar-refractivity contribution >= 4 is 10.0 Å². The van der Waals surface area contributed by atoms with Crippen LogP contribution in [-0.2, 0) is 14.8 Å². The summed E-state index contributed by atoms with van der Waals surface area (Å²) in [5.74, 6) is 0.579. The predicted molar refractivity (Wildman–Crippen MR) is 64.2 cm³/mol. The number of hydrogen-bond donors (Lipinski definition) is 1. The number of sulfonamides is 1. The molecule has 1 rings (SSSR count). The average molecular weight is 261 g/mol. The van der Waals surface area contributed by atoms with Gasteiger partial charge in [0.15, 0.2) is 5.03 Å². The summed E-state index contributed by atoms with van der Waals surface area (Å²) in [5.41, 5.74) is 0. The van der Waals surface area contributed by atoms with E-state index in [0.717, 1.165) is 0 Å². The summed E-state index contributed by atoms with van der Waals surface area (Å²) in [7, 11) is -1.96. The summed E-state index contributed by atoms with van der Waals surface area (Å²) in [6.07, 6.45) is 1.42. The molecule has 0 amide bonds. The second-order valence-electron chi connectivity index (χ2n) is 4.08. The van der Waals surface area contributed by atoms with Crippen LogP contribution in [0.5, 0.6) is 0 Å². The van der Waals surface area contributed by atoms with Gasteiger partial charge in [0.2, 0.25) is 0 Å². The second-order valence-corrected chi connectivity index (χ2v) is 6.09. The minimum Gasteiger partial charge on any atom is -0.377 e. The van der Waals surface area contributed by atoms with Crippen LogP contribution in [0.2, 0.25) is 0 Å². The number of rotatable bonds is 6. The highest BCUT2D eigenvalue weighted by Gasteiger charge is 2.22. The number of aromatic nitrogens is 2. The molecule has 1 aromatic rings. The highest BCUT2D eigenvalue weighted by molar-refractivity contribution is 7.89. The van der Waals surface area contributed by atoms with Gasteiger partial charge in [0.1, 0.15) is 5.82 Å². The monoisotopic (exact) mass is 261 g/mol. The summed E-state index contributed by atoms with van der Waals surface area (Å²) in [4.78, 5) is 6.60. The van der Waals surface area contributed by atoms with Crippen LogP contribution < -0.4 is 0 Å². The Balaban J connectivity index is 2.64. The van der Waals surface area contributed by atoms with Crippen LogP contribution in [0.3, 0.4) is 0 Å². The molecular weight excluding hydrogens is 242 g/mol. The maximum atomic E-state index is 12.0. The second kappa shape index (κ2) is 5.61. The van der Waals surface area contributed by atoms with Crippen molar-refractivity contribution in [1.82, 2.24) is 14.3 Å². The van der Waals surface area contributed by atoms with Crippen LogP contribution in [-0.4, -0.2) is 49.0 Å². The molecule has 1 heterocycles. The van der Waals surface area contributed by atoms with Gasteiger partial charge in [-0.1, -0.05) is 0 Å². The molecule has 0 fully saturated rings. The summed E-state index contributed by atoms with van der Waals surface area (Å²) >= 11 is 0. The topological polar surface area (TPSA) is 75.3 Å². The lowest BCUT2D eigenvalue weighted by Gasteiger charge is -2.16. The van der Waals surface area contributed by atoms with Gasteiger partial charge in [0.05, 0.1) is 18.9 Å². The number of hydrogen-bond acceptors (Lipinski definition) is 4. The van der Waals surface area contributed by atoms with E-state index < -0.39 is 10.0 Å². The molecule has 0 aliphatic rings. The first-order valence-corrected chi connectivity index (χ1v) is 6.87. The Morgan fingerprint density at radius 1 is 1.53 bits per heavy atom. The van der Waals surface area contributed by atoms with Gasteiger partial charge in [-0.15, -0.1) is 0 Å². The smallest absolute Gasteiger partial charge is 0.259 e. The van der Waals surface area contributed by atoms with Crippen LogP contribution >= 0.6 is 0 Å². The van der Waals surface area contributed by atoms with E-state index in [1.807, 2.05) is 13.8 Å². The van der Waals surface area contributed by atoms with Gasteiger partial charge in [-0.3, -0.25) is 0 Å². The van der Waals surface area contributed by atoms with Crippen molar-refractivity contribution in [2.45, 2.75) is 31.9 Å². The average Bonchev–Trinajstić information content (AvgIpc) is 2.64. The van der Waals surface area contributed by atoms with Gasteiger partial charge in [-0.25, -0.2) is 13.4 Å². The number of aromatic amines is 1. The first-order valence-electron chi connectivity index (χ1n) is 5.43. The minimum absolute atomic E-state index is 0.0977. The zero-order chi connectivity index (χ0) is 13.1. The molecule has 98 valence electrons. The third kappa shape index (κ3) is 3.79. The van der Waals surface area contributed by atoms with Gasteiger partial charge >= 0.3 is 0 Å². The molecule has 1 aromatic heterocycles. The zero-order valence-corrected chi connectivity index (χ0v) is 11.4. The van der Waals surface area contributed by atoms with Crippen LogP contribution in [0.4, 0.5) is 0 Å². The van der Waals surface area contributed by atoms with Crippen LogP contribution in [0.15, 0.2) is 11.2 Å². The Hall–Kier alpha value is -0.920. The SMILES string of the molecule is Cc1ncc(S(=O)(=O)N(C)CCOC(C)C)[nH]1. The third-order valence-corrected chi connectivity index (χ3v) is 3.99. The van der Waals surface area contributed by atoms with Crippen molar-refractivity contribution in [2.24, 2.45) is 0 Å². The maximum absolute atomic E-state index is 12.0. The Morgan fingerprint density at radius 2 is 2.18 bits per heavy atom. The number of nitrogens with one attached hydrogen (secondary N) is 1. The van der Waals surface area contributed by atoms with Gasteiger partial charge in [0.25, 0.3) is 10.0 Å². The van der Waals surface area contributed by atoms with Gasteiger partial charge in [-0.05, 0) is 20.8 Å². The highest BCUT2D eigenvalue weighted by Crippen LogP contribution is 2.11. The number of ether oxygens (including phenoxy) is 1. The van der Waals surface area contributed by atoms with Crippen LogP contribution in [0.1, 0.15) is 19.7 Å². The van der Waals surface area contributed by atoms with Gasteiger partial charge in [0, 0.05) is 13.6 Å². The predicted octanol–water partition coefficient (Wildman–Crippen LogP) is 0.764. The van der Waals surface area contributed by atoms with Crippen molar-refractivity contribution in [2.75, 3.05) is 20.2 Å². The molecule has 17 heavy (non-hydrogen) atoms. The van der Waals surface area contributed by atoms with Crippen molar-refractivity contribution in [3.05, 3.63) is 12.0 Å². The van der Waals surface area contributed by atoms with Crippen LogP contribution in [0.25, 0.3) is 0 Å². The number of nitrogens with zero attached hydrogens (tertiary/aromatic N) is 2. The standard InChI is InChI=1S/C10H19N3O3S/c1-8(2)16-6-5-13(4)17(14,15)10-7-11-9(3)12-10/h7-8H,5-6H2,1-4H3,(H,11,12). The first kappa shape index (κ1) is 14.1. The molecule has 0 unspecified atom stereocenters. The Morgan fingerprint density at radius 3 is 2.65 bits per heavy atom. The van der Waals surface area contributed by atoms with Gasteiger partial charge in [-0.2, -0.15) is 4.31 Å². The Kier molecular flexibility index (Phi) is 4.67. The maximum Gasteiger partial charge on any atom is 0.259 e. The number of H-pyrrole nitrogens is 1. The number of imidazole rings is 1. The number of likely N-dealkylation sites (N-methyl/N-ethyl adjacent to an activating group) is 1. The van der Waals surface area contributed by atoms with E-state index in [9.17, 15) is 8.42 Å². The van der Waals surface area contributed by atoms with Crippen molar-refractivity contribution in [3.63, 3.8) is 0 Å². The van der Waals surface area contributed by atoms with E-state index in [0.29, 0.717) is 19.0 Å². The lowest BCUT2D eigenvalue weighted by molar-refractivity contribution is 0.0737. The lowest BCUT2D eigenvalue weighted by atomic mass is 10.5. The normalized spacial score (nSPS) is 12.6. The lowest BCUT2D eigenvalue weighted by Crippen LogP contribution is -2.31. The molecule has 0 aliphatic heterocycles. The number of aryl methyl sites for hydroxylation is 1. The molecule has 6 nitrogen and oxygen atoms in total. The fraction of sp³-hybridized carbons (Fsp3) is 0.700. The molecule has 0 saturated heterocycles. The molecule has 0 bridgehead atoms. The fourth-order valence-corrected chi connectivity index (χ4v) is 2.35.